The molecule has 0 bridgehead atoms. The van der Waals surface area contributed by atoms with E-state index in [2.05, 4.69) is 78.8 Å². The van der Waals surface area contributed by atoms with Gasteiger partial charge in [-0.05, 0) is 36.3 Å². The topological polar surface area (TPSA) is 15.6 Å². The monoisotopic (exact) mass is 390 g/mol. The Morgan fingerprint density at radius 2 is 1.38 bits per heavy atom. The van der Waals surface area contributed by atoms with Crippen molar-refractivity contribution in [3.8, 4) is 0 Å². The van der Waals surface area contributed by atoms with Gasteiger partial charge in [0.05, 0.1) is 6.34 Å². The SMILES string of the molecule is CCCCCCCC/N=C/N1CCC(C(c2ccccc2)c2ccccc2)CC1. The zero-order chi connectivity index (χ0) is 20.2. The number of aliphatic imine (C=N–C) groups is 1. The number of benzene rings is 2. The minimum atomic E-state index is 0.500. The van der Waals surface area contributed by atoms with Crippen molar-refractivity contribution in [1.82, 2.24) is 4.90 Å². The molecule has 1 heterocycles. The maximum atomic E-state index is 4.70. The highest BCUT2D eigenvalue weighted by molar-refractivity contribution is 5.55. The largest absolute Gasteiger partial charge is 0.363 e. The van der Waals surface area contributed by atoms with Gasteiger partial charge in [-0.15, -0.1) is 0 Å². The van der Waals surface area contributed by atoms with E-state index >= 15 is 0 Å². The Morgan fingerprint density at radius 3 is 1.97 bits per heavy atom. The maximum absolute atomic E-state index is 4.70. The molecule has 0 saturated carbocycles. The first kappa shape index (κ1) is 21.6. The van der Waals surface area contributed by atoms with Crippen LogP contribution in [0.25, 0.3) is 0 Å². The number of nitrogens with zero attached hydrogens (tertiary/aromatic N) is 2. The van der Waals surface area contributed by atoms with Crippen molar-refractivity contribution < 1.29 is 0 Å². The number of piperidine rings is 1. The molecule has 0 amide bonds. The summed E-state index contributed by atoms with van der Waals surface area (Å²) < 4.78 is 0. The van der Waals surface area contributed by atoms with Crippen LogP contribution in [0.3, 0.4) is 0 Å². The molecule has 1 aliphatic heterocycles. The van der Waals surface area contributed by atoms with E-state index in [-0.39, 0.29) is 0 Å². The average Bonchev–Trinajstić information content (AvgIpc) is 2.78. The second-order valence-corrected chi connectivity index (χ2v) is 8.46. The molecular formula is C27H38N2. The lowest BCUT2D eigenvalue weighted by atomic mass is 9.76. The van der Waals surface area contributed by atoms with Crippen LogP contribution in [-0.2, 0) is 0 Å². The van der Waals surface area contributed by atoms with E-state index in [1.54, 1.807) is 0 Å². The van der Waals surface area contributed by atoms with Gasteiger partial charge in [-0.2, -0.15) is 0 Å². The number of likely N-dealkylation sites (tertiary alicyclic amines) is 1. The van der Waals surface area contributed by atoms with Gasteiger partial charge in [0, 0.05) is 25.6 Å². The van der Waals surface area contributed by atoms with Crippen LogP contribution in [0, 0.1) is 5.92 Å². The summed E-state index contributed by atoms with van der Waals surface area (Å²) in [7, 11) is 0. The lowest BCUT2D eigenvalue weighted by Gasteiger charge is -2.36. The molecule has 1 aliphatic rings. The minimum Gasteiger partial charge on any atom is -0.363 e. The van der Waals surface area contributed by atoms with Crippen LogP contribution in [-0.4, -0.2) is 30.9 Å². The van der Waals surface area contributed by atoms with E-state index in [0.717, 1.165) is 19.6 Å². The molecule has 0 aromatic heterocycles. The number of hydrogen-bond acceptors (Lipinski definition) is 1. The van der Waals surface area contributed by atoms with Crippen molar-refractivity contribution in [2.24, 2.45) is 10.9 Å². The van der Waals surface area contributed by atoms with Gasteiger partial charge >= 0.3 is 0 Å². The third-order valence-corrected chi connectivity index (χ3v) is 6.25. The molecule has 156 valence electrons. The fourth-order valence-electron chi connectivity index (χ4n) is 4.58. The van der Waals surface area contributed by atoms with Crippen LogP contribution < -0.4 is 0 Å². The van der Waals surface area contributed by atoms with Crippen LogP contribution in [0.15, 0.2) is 65.7 Å². The minimum absolute atomic E-state index is 0.500. The van der Waals surface area contributed by atoms with Crippen molar-refractivity contribution in [3.05, 3.63) is 71.8 Å². The van der Waals surface area contributed by atoms with E-state index in [9.17, 15) is 0 Å². The first-order chi connectivity index (χ1) is 14.4. The fourth-order valence-corrected chi connectivity index (χ4v) is 4.58. The van der Waals surface area contributed by atoms with E-state index < -0.39 is 0 Å². The summed E-state index contributed by atoms with van der Waals surface area (Å²) in [5.74, 6) is 1.20. The van der Waals surface area contributed by atoms with Crippen LogP contribution in [0.5, 0.6) is 0 Å². The molecule has 2 heteroatoms. The van der Waals surface area contributed by atoms with Gasteiger partial charge < -0.3 is 4.90 Å². The van der Waals surface area contributed by atoms with Crippen molar-refractivity contribution in [3.63, 3.8) is 0 Å². The summed E-state index contributed by atoms with van der Waals surface area (Å²) in [5.41, 5.74) is 2.91. The van der Waals surface area contributed by atoms with Crippen LogP contribution in [0.2, 0.25) is 0 Å². The Hall–Kier alpha value is -2.09. The summed E-state index contributed by atoms with van der Waals surface area (Å²) in [6.07, 6.45) is 12.6. The van der Waals surface area contributed by atoms with Crippen LogP contribution >= 0.6 is 0 Å². The van der Waals surface area contributed by atoms with Crippen molar-refractivity contribution in [2.45, 2.75) is 64.2 Å². The van der Waals surface area contributed by atoms with Crippen LogP contribution in [0.4, 0.5) is 0 Å². The fraction of sp³-hybridized carbons (Fsp3) is 0.519. The molecule has 2 aromatic carbocycles. The summed E-state index contributed by atoms with van der Waals surface area (Å²) in [5, 5.41) is 0. The first-order valence-corrected chi connectivity index (χ1v) is 11.7. The standard InChI is InChI=1S/C27H38N2/c1-2-3-4-5-6-13-20-28-23-29-21-18-26(19-22-29)27(24-14-9-7-10-15-24)25-16-11-8-12-17-25/h7-12,14-17,23,26-27H,2-6,13,18-22H2,1H3/b28-23+. The summed E-state index contributed by atoms with van der Waals surface area (Å²) in [6.45, 7) is 5.51. The highest BCUT2D eigenvalue weighted by Crippen LogP contribution is 2.37. The predicted molar refractivity (Wildman–Crippen MR) is 126 cm³/mol. The van der Waals surface area contributed by atoms with Gasteiger partial charge in [0.2, 0.25) is 0 Å². The molecule has 1 fully saturated rings. The molecule has 29 heavy (non-hydrogen) atoms. The Morgan fingerprint density at radius 1 is 0.828 bits per heavy atom. The second kappa shape index (κ2) is 12.5. The third-order valence-electron chi connectivity index (χ3n) is 6.25. The van der Waals surface area contributed by atoms with Crippen molar-refractivity contribution in [1.29, 1.82) is 0 Å². The molecule has 0 N–H and O–H groups in total. The Bertz CT molecular complexity index is 647. The molecule has 3 rings (SSSR count). The quantitative estimate of drug-likeness (QED) is 0.231. The molecule has 2 aromatic rings. The van der Waals surface area contributed by atoms with Crippen molar-refractivity contribution >= 4 is 6.34 Å². The van der Waals surface area contributed by atoms with E-state index in [1.165, 1.54) is 62.5 Å². The van der Waals surface area contributed by atoms with Gasteiger partial charge in [0.15, 0.2) is 0 Å². The molecule has 0 aliphatic carbocycles. The van der Waals surface area contributed by atoms with E-state index in [1.807, 2.05) is 0 Å². The normalized spacial score (nSPS) is 15.4. The van der Waals surface area contributed by atoms with Gasteiger partial charge in [0.25, 0.3) is 0 Å². The molecule has 0 spiro atoms. The third kappa shape index (κ3) is 7.03. The molecular weight excluding hydrogens is 352 g/mol. The van der Waals surface area contributed by atoms with Gasteiger partial charge in [0.1, 0.15) is 0 Å². The summed E-state index contributed by atoms with van der Waals surface area (Å²) in [4.78, 5) is 7.13. The number of rotatable bonds is 11. The molecule has 0 radical (unpaired) electrons. The first-order valence-electron chi connectivity index (χ1n) is 11.7. The number of unbranched alkanes of at least 4 members (excludes halogenated alkanes) is 5. The molecule has 0 unspecified atom stereocenters. The Balaban J connectivity index is 1.48. The summed E-state index contributed by atoms with van der Waals surface area (Å²) in [6, 6.07) is 22.1. The van der Waals surface area contributed by atoms with Gasteiger partial charge in [-0.25, -0.2) is 0 Å². The van der Waals surface area contributed by atoms with E-state index in [0.29, 0.717) is 11.8 Å². The zero-order valence-electron chi connectivity index (χ0n) is 18.2. The van der Waals surface area contributed by atoms with Crippen molar-refractivity contribution in [2.75, 3.05) is 19.6 Å². The van der Waals surface area contributed by atoms with Gasteiger partial charge in [-0.1, -0.05) is 99.7 Å². The lowest BCUT2D eigenvalue weighted by Crippen LogP contribution is -2.35. The zero-order valence-corrected chi connectivity index (χ0v) is 18.2. The summed E-state index contributed by atoms with van der Waals surface area (Å²) >= 11 is 0. The maximum Gasteiger partial charge on any atom is 0.0849 e. The molecule has 2 nitrogen and oxygen atoms in total. The average molecular weight is 391 g/mol. The molecule has 0 atom stereocenters. The second-order valence-electron chi connectivity index (χ2n) is 8.46. The Kier molecular flexibility index (Phi) is 9.29. The molecule has 1 saturated heterocycles. The predicted octanol–water partition coefficient (Wildman–Crippen LogP) is 6.92. The van der Waals surface area contributed by atoms with Gasteiger partial charge in [-0.3, -0.25) is 4.99 Å². The highest BCUT2D eigenvalue weighted by atomic mass is 15.1. The lowest BCUT2D eigenvalue weighted by molar-refractivity contribution is 0.254. The van der Waals surface area contributed by atoms with E-state index in [4.69, 9.17) is 4.99 Å². The smallest absolute Gasteiger partial charge is 0.0849 e. The van der Waals surface area contributed by atoms with Crippen LogP contribution in [0.1, 0.15) is 75.3 Å². The number of hydrogen-bond donors (Lipinski definition) is 0. The Labute approximate surface area is 178 Å². The highest BCUT2D eigenvalue weighted by Gasteiger charge is 2.28.